The van der Waals surface area contributed by atoms with Crippen molar-refractivity contribution >= 4 is 32.6 Å². The molecular weight excluding hydrogens is 458 g/mol. The van der Waals surface area contributed by atoms with E-state index in [-0.39, 0.29) is 0 Å². The lowest BCUT2D eigenvalue weighted by molar-refractivity contribution is 0.563. The van der Waals surface area contributed by atoms with E-state index < -0.39 is 0 Å². The maximum absolute atomic E-state index is 4.53. The lowest BCUT2D eigenvalue weighted by atomic mass is 10.1. The topological polar surface area (TPSA) is 41.6 Å². The summed E-state index contributed by atoms with van der Waals surface area (Å²) >= 11 is 1.79. The summed E-state index contributed by atoms with van der Waals surface area (Å²) in [5.74, 6) is 4.14. The van der Waals surface area contributed by atoms with E-state index in [0.29, 0.717) is 11.8 Å². The number of nitrogens with zero attached hydrogens (tertiary/aromatic N) is 2. The van der Waals surface area contributed by atoms with Gasteiger partial charge >= 0.3 is 0 Å². The molecule has 2 heterocycles. The molecule has 202 valence electrons. The third-order valence-corrected chi connectivity index (χ3v) is 6.66. The minimum Gasteiger partial charge on any atom is -0.342 e. The zero-order valence-corrected chi connectivity index (χ0v) is 26.0. The van der Waals surface area contributed by atoms with Crippen molar-refractivity contribution in [3.8, 4) is 0 Å². The number of aromatic amines is 1. The van der Waals surface area contributed by atoms with Crippen LogP contribution < -0.4 is 0 Å². The van der Waals surface area contributed by atoms with Gasteiger partial charge in [-0.25, -0.2) is 9.97 Å². The summed E-state index contributed by atoms with van der Waals surface area (Å²) in [7, 11) is 0. The average molecular weight is 512 g/mol. The van der Waals surface area contributed by atoms with Gasteiger partial charge in [0, 0.05) is 11.8 Å². The van der Waals surface area contributed by atoms with E-state index in [9.17, 15) is 0 Å². The SMILES string of the molecule is CC.CC.CC.CC(C)C1CC1.CC(C)c1nc2ccccc2[nH]1.CC(C)c1nc2ccccc2s1. The van der Waals surface area contributed by atoms with Gasteiger partial charge in [0.1, 0.15) is 5.82 Å². The first-order valence-corrected chi connectivity index (χ1v) is 15.0. The quantitative estimate of drug-likeness (QED) is 0.297. The predicted octanol–water partition coefficient (Wildman–Crippen LogP) is 11.2. The van der Waals surface area contributed by atoms with Gasteiger partial charge in [-0.1, -0.05) is 107 Å². The Morgan fingerprint density at radius 1 is 0.694 bits per heavy atom. The highest BCUT2D eigenvalue weighted by Crippen LogP contribution is 2.35. The number of benzene rings is 2. The number of H-pyrrole nitrogens is 1. The van der Waals surface area contributed by atoms with Crippen molar-refractivity contribution in [3.05, 3.63) is 59.4 Å². The van der Waals surface area contributed by atoms with E-state index in [2.05, 4.69) is 74.7 Å². The Bertz CT molecular complexity index is 911. The number of rotatable bonds is 3. The molecule has 2 aromatic heterocycles. The van der Waals surface area contributed by atoms with Crippen LogP contribution in [0.1, 0.15) is 119 Å². The van der Waals surface area contributed by atoms with Crippen LogP contribution in [0.2, 0.25) is 0 Å². The van der Waals surface area contributed by atoms with Crippen LogP contribution in [-0.4, -0.2) is 15.0 Å². The second-order valence-electron chi connectivity index (χ2n) is 9.05. The fraction of sp³-hybridized carbons (Fsp3) is 0.562. The second-order valence-corrected chi connectivity index (χ2v) is 10.1. The zero-order valence-electron chi connectivity index (χ0n) is 25.1. The van der Waals surface area contributed by atoms with Gasteiger partial charge in [0.15, 0.2) is 0 Å². The molecule has 0 aliphatic heterocycles. The molecule has 1 N–H and O–H groups in total. The van der Waals surface area contributed by atoms with E-state index in [1.165, 1.54) is 22.5 Å². The minimum atomic E-state index is 0.470. The summed E-state index contributed by atoms with van der Waals surface area (Å²) in [6, 6.07) is 16.4. The maximum Gasteiger partial charge on any atom is 0.109 e. The molecule has 1 aliphatic rings. The Morgan fingerprint density at radius 2 is 1.22 bits per heavy atom. The van der Waals surface area contributed by atoms with Gasteiger partial charge < -0.3 is 4.98 Å². The summed E-state index contributed by atoms with van der Waals surface area (Å²) < 4.78 is 1.29. The third kappa shape index (κ3) is 11.7. The van der Waals surface area contributed by atoms with Gasteiger partial charge in [-0.2, -0.15) is 0 Å². The van der Waals surface area contributed by atoms with Crippen LogP contribution in [-0.2, 0) is 0 Å². The van der Waals surface area contributed by atoms with E-state index in [4.69, 9.17) is 0 Å². The van der Waals surface area contributed by atoms with E-state index in [1.54, 1.807) is 11.3 Å². The maximum atomic E-state index is 4.53. The van der Waals surface area contributed by atoms with Crippen molar-refractivity contribution < 1.29 is 0 Å². The number of imidazole rings is 1. The van der Waals surface area contributed by atoms with Crippen LogP contribution in [0.25, 0.3) is 21.3 Å². The molecule has 36 heavy (non-hydrogen) atoms. The smallest absolute Gasteiger partial charge is 0.109 e. The average Bonchev–Trinajstić information content (AvgIpc) is 3.53. The van der Waals surface area contributed by atoms with Gasteiger partial charge in [-0.3, -0.25) is 0 Å². The summed E-state index contributed by atoms with van der Waals surface area (Å²) in [5, 5.41) is 1.23. The molecule has 1 fully saturated rings. The monoisotopic (exact) mass is 511 g/mol. The first-order valence-electron chi connectivity index (χ1n) is 14.1. The minimum absolute atomic E-state index is 0.470. The number of para-hydroxylation sites is 3. The van der Waals surface area contributed by atoms with Crippen molar-refractivity contribution in [1.82, 2.24) is 15.0 Å². The van der Waals surface area contributed by atoms with Gasteiger partial charge in [0.05, 0.1) is 26.3 Å². The second kappa shape index (κ2) is 19.0. The molecule has 0 atom stereocenters. The summed E-state index contributed by atoms with van der Waals surface area (Å²) in [6.07, 6.45) is 3.00. The van der Waals surface area contributed by atoms with Crippen LogP contribution in [0.4, 0.5) is 0 Å². The molecule has 0 unspecified atom stereocenters. The molecule has 1 saturated carbocycles. The number of thiazole rings is 1. The highest BCUT2D eigenvalue weighted by Gasteiger charge is 2.23. The standard InChI is InChI=1S/C10H12N2.C10H11NS.C6H12.3C2H6/c2*1-7(2)10-11-8-5-3-4-6-9(8)12-10;1-5(2)6-3-4-6;3*1-2/h3-7H,1-2H3,(H,11,12);3-7H,1-2H3;5-6H,3-4H2,1-2H3;3*1-2H3. The summed E-state index contributed by atoms with van der Waals surface area (Å²) in [6.45, 7) is 25.2. The number of hydrogen-bond donors (Lipinski definition) is 1. The Morgan fingerprint density at radius 3 is 1.64 bits per heavy atom. The van der Waals surface area contributed by atoms with Crippen LogP contribution in [0.5, 0.6) is 0 Å². The van der Waals surface area contributed by atoms with Crippen LogP contribution in [0.15, 0.2) is 48.5 Å². The molecule has 4 aromatic rings. The highest BCUT2D eigenvalue weighted by molar-refractivity contribution is 7.18. The van der Waals surface area contributed by atoms with Gasteiger partial charge in [0.25, 0.3) is 0 Å². The van der Waals surface area contributed by atoms with Gasteiger partial charge in [-0.15, -0.1) is 11.3 Å². The van der Waals surface area contributed by atoms with Crippen LogP contribution in [0.3, 0.4) is 0 Å². The van der Waals surface area contributed by atoms with Crippen LogP contribution >= 0.6 is 11.3 Å². The number of nitrogens with one attached hydrogen (secondary N) is 1. The van der Waals surface area contributed by atoms with E-state index >= 15 is 0 Å². The molecule has 0 spiro atoms. The van der Waals surface area contributed by atoms with E-state index in [1.807, 2.05) is 71.9 Å². The fourth-order valence-corrected chi connectivity index (χ4v) is 4.12. The lowest BCUT2D eigenvalue weighted by Gasteiger charge is -1.95. The predicted molar refractivity (Wildman–Crippen MR) is 165 cm³/mol. The van der Waals surface area contributed by atoms with Gasteiger partial charge in [0.2, 0.25) is 0 Å². The van der Waals surface area contributed by atoms with Crippen molar-refractivity contribution in [2.75, 3.05) is 0 Å². The third-order valence-electron chi connectivity index (χ3n) is 5.32. The first-order chi connectivity index (χ1) is 17.3. The first kappa shape index (κ1) is 33.8. The largest absolute Gasteiger partial charge is 0.342 e. The molecule has 0 amide bonds. The Hall–Kier alpha value is -2.20. The Kier molecular flexibility index (Phi) is 17.8. The highest BCUT2D eigenvalue weighted by atomic mass is 32.1. The number of fused-ring (bicyclic) bond motifs is 2. The zero-order chi connectivity index (χ0) is 27.7. The summed E-state index contributed by atoms with van der Waals surface area (Å²) in [5.41, 5.74) is 3.31. The number of aromatic nitrogens is 3. The fourth-order valence-electron chi connectivity index (χ4n) is 3.15. The van der Waals surface area contributed by atoms with Gasteiger partial charge in [-0.05, 0) is 48.9 Å². The molecule has 2 aromatic carbocycles. The Balaban J connectivity index is 0.000000480. The van der Waals surface area contributed by atoms with Crippen molar-refractivity contribution in [1.29, 1.82) is 0 Å². The van der Waals surface area contributed by atoms with E-state index in [0.717, 1.165) is 34.2 Å². The molecule has 4 heteroatoms. The molecule has 0 saturated heterocycles. The molecular formula is C32H53N3S. The molecule has 3 nitrogen and oxygen atoms in total. The Labute approximate surface area is 226 Å². The summed E-state index contributed by atoms with van der Waals surface area (Å²) in [4.78, 5) is 12.3. The molecule has 0 bridgehead atoms. The van der Waals surface area contributed by atoms with Crippen molar-refractivity contribution in [2.24, 2.45) is 11.8 Å². The number of hydrogen-bond acceptors (Lipinski definition) is 3. The van der Waals surface area contributed by atoms with Crippen molar-refractivity contribution in [2.45, 2.75) is 108 Å². The normalized spacial score (nSPS) is 11.8. The molecule has 1 aliphatic carbocycles. The molecule has 0 radical (unpaired) electrons. The lowest BCUT2D eigenvalue weighted by Crippen LogP contribution is -1.88. The molecule has 5 rings (SSSR count). The van der Waals surface area contributed by atoms with Crippen LogP contribution in [0, 0.1) is 11.8 Å². The van der Waals surface area contributed by atoms with Crippen molar-refractivity contribution in [3.63, 3.8) is 0 Å².